The molecule has 2 heterocycles. The van der Waals surface area contributed by atoms with Gasteiger partial charge in [0.25, 0.3) is 5.56 Å². The summed E-state index contributed by atoms with van der Waals surface area (Å²) in [6.45, 7) is 9.57. The number of halogens is 2. The molecule has 0 saturated carbocycles. The van der Waals surface area contributed by atoms with Crippen LogP contribution < -0.4 is 5.56 Å². The number of aliphatic carboxylic acids is 2. The van der Waals surface area contributed by atoms with Crippen LogP contribution in [0.1, 0.15) is 54.6 Å². The maximum absolute atomic E-state index is 14.2. The number of aromatic nitrogens is 4. The standard InChI is InChI=1S/C37H40ClFN6O2S.C4H6O6/c1-4-44(5-2)18-19-45(23-26-6-10-28(11-7-26)29-12-14-31(38)15-13-29)34(46)20-33-35(25(3)30-21-40-41-22-30)36(47)43-37(42-33)48-24-27-8-16-32(39)17-9-27;5-1(3(7)8)2(6)4(9)10/h6-17,21-22,25H,4-5,18-20,23-24H2,1-3H3,(H,40,41)(H,42,43,47);1-2,5-6H,(H,7,8)(H,9,10). The molecule has 6 N–H and O–H groups in total. The zero-order valence-electron chi connectivity index (χ0n) is 32.1. The average molecular weight is 837 g/mol. The summed E-state index contributed by atoms with van der Waals surface area (Å²) in [5.74, 6) is -3.82. The summed E-state index contributed by atoms with van der Waals surface area (Å²) in [7, 11) is 0. The minimum Gasteiger partial charge on any atom is -0.479 e. The molecule has 0 radical (unpaired) electrons. The third kappa shape index (κ3) is 13.1. The van der Waals surface area contributed by atoms with Crippen molar-refractivity contribution >= 4 is 41.2 Å². The van der Waals surface area contributed by atoms with Gasteiger partial charge in [-0.25, -0.2) is 19.0 Å². The van der Waals surface area contributed by atoms with E-state index >= 15 is 0 Å². The summed E-state index contributed by atoms with van der Waals surface area (Å²) in [5.41, 5.74) is 5.42. The number of hydrogen-bond acceptors (Lipinski definition) is 10. The summed E-state index contributed by atoms with van der Waals surface area (Å²) in [4.78, 5) is 59.3. The van der Waals surface area contributed by atoms with Crippen molar-refractivity contribution in [3.8, 4) is 11.1 Å². The lowest BCUT2D eigenvalue weighted by atomic mass is 9.94. The second-order valence-corrected chi connectivity index (χ2v) is 14.6. The number of likely N-dealkylation sites (N-methyl/N-ethyl adjacent to an activating group) is 1. The van der Waals surface area contributed by atoms with E-state index in [9.17, 15) is 23.6 Å². The number of carboxylic acid groups (broad SMARTS) is 2. The zero-order chi connectivity index (χ0) is 42.4. The molecule has 3 aromatic carbocycles. The van der Waals surface area contributed by atoms with Crippen molar-refractivity contribution in [1.29, 1.82) is 0 Å². The number of hydrogen-bond donors (Lipinski definition) is 6. The van der Waals surface area contributed by atoms with Crippen molar-refractivity contribution in [3.63, 3.8) is 0 Å². The highest BCUT2D eigenvalue weighted by atomic mass is 35.5. The number of H-pyrrole nitrogens is 2. The fraction of sp³-hybridized carbons (Fsp3) is 0.317. The van der Waals surface area contributed by atoms with E-state index in [1.165, 1.54) is 23.9 Å². The Morgan fingerprint density at radius 3 is 1.97 bits per heavy atom. The molecular formula is C41H46ClFN6O8S. The fourth-order valence-corrected chi connectivity index (χ4v) is 6.80. The van der Waals surface area contributed by atoms with Crippen molar-refractivity contribution in [2.24, 2.45) is 0 Å². The van der Waals surface area contributed by atoms with E-state index in [4.69, 9.17) is 37.0 Å². The van der Waals surface area contributed by atoms with Gasteiger partial charge in [-0.2, -0.15) is 5.10 Å². The smallest absolute Gasteiger partial charge is 0.335 e. The molecule has 0 aliphatic rings. The number of carbonyl (C=O) groups excluding carboxylic acids is 1. The third-order valence-electron chi connectivity index (χ3n) is 9.32. The van der Waals surface area contributed by atoms with Gasteiger partial charge in [-0.3, -0.25) is 14.7 Å². The Morgan fingerprint density at radius 1 is 0.862 bits per heavy atom. The van der Waals surface area contributed by atoms with Crippen LogP contribution in [0.2, 0.25) is 5.02 Å². The van der Waals surface area contributed by atoms with Gasteiger partial charge in [-0.05, 0) is 65.2 Å². The third-order valence-corrected chi connectivity index (χ3v) is 10.5. The first kappa shape index (κ1) is 45.3. The molecule has 1 amide bonds. The van der Waals surface area contributed by atoms with E-state index < -0.39 is 24.1 Å². The maximum atomic E-state index is 14.2. The van der Waals surface area contributed by atoms with Crippen LogP contribution in [0.15, 0.2) is 95.1 Å². The monoisotopic (exact) mass is 836 g/mol. The van der Waals surface area contributed by atoms with E-state index in [1.54, 1.807) is 24.5 Å². The molecule has 14 nitrogen and oxygen atoms in total. The Balaban J connectivity index is 0.000000657. The van der Waals surface area contributed by atoms with Crippen LogP contribution in [0.3, 0.4) is 0 Å². The number of carboxylic acids is 2. The number of aliphatic hydroxyl groups is 2. The molecule has 58 heavy (non-hydrogen) atoms. The Morgan fingerprint density at radius 2 is 1.43 bits per heavy atom. The van der Waals surface area contributed by atoms with E-state index in [-0.39, 0.29) is 29.6 Å². The lowest BCUT2D eigenvalue weighted by Crippen LogP contribution is -2.39. The SMILES string of the molecule is CCN(CC)CCN(Cc1ccc(-c2ccc(Cl)cc2)cc1)C(=O)Cc1nc(SCc2ccc(F)cc2)[nH]c(=O)c1C(C)c1cn[nH]c1.O=C(O)C(O)C(O)C(=O)O. The van der Waals surface area contributed by atoms with Crippen LogP contribution >= 0.6 is 23.4 Å². The van der Waals surface area contributed by atoms with Crippen molar-refractivity contribution in [2.75, 3.05) is 26.2 Å². The number of aromatic amines is 2. The van der Waals surface area contributed by atoms with Crippen molar-refractivity contribution in [3.05, 3.63) is 134 Å². The van der Waals surface area contributed by atoms with Crippen molar-refractivity contribution in [1.82, 2.24) is 30.0 Å². The van der Waals surface area contributed by atoms with Gasteiger partial charge in [-0.1, -0.05) is 92.7 Å². The number of benzene rings is 3. The summed E-state index contributed by atoms with van der Waals surface area (Å²) >= 11 is 7.41. The predicted molar refractivity (Wildman–Crippen MR) is 218 cm³/mol. The van der Waals surface area contributed by atoms with Gasteiger partial charge in [0.05, 0.1) is 18.3 Å². The van der Waals surface area contributed by atoms with E-state index in [0.717, 1.165) is 47.5 Å². The number of nitrogens with one attached hydrogen (secondary N) is 2. The Hall–Kier alpha value is -5.39. The Bertz CT molecular complexity index is 2130. The maximum Gasteiger partial charge on any atom is 0.335 e. The average Bonchev–Trinajstić information content (AvgIpc) is 3.76. The highest BCUT2D eigenvalue weighted by Gasteiger charge is 2.29. The molecule has 5 aromatic rings. The molecule has 3 atom stereocenters. The summed E-state index contributed by atoms with van der Waals surface area (Å²) in [6.07, 6.45) is -1.14. The zero-order valence-corrected chi connectivity index (χ0v) is 33.7. The van der Waals surface area contributed by atoms with Gasteiger partial charge >= 0.3 is 11.9 Å². The molecule has 0 saturated heterocycles. The summed E-state index contributed by atoms with van der Waals surface area (Å²) < 4.78 is 13.4. The molecular weight excluding hydrogens is 791 g/mol. The largest absolute Gasteiger partial charge is 0.479 e. The van der Waals surface area contributed by atoms with Crippen LogP contribution in [0.4, 0.5) is 4.39 Å². The number of carbonyl (C=O) groups is 3. The minimum atomic E-state index is -2.27. The number of aliphatic hydroxyl groups excluding tert-OH is 2. The second kappa shape index (κ2) is 21.9. The van der Waals surface area contributed by atoms with Crippen LogP contribution in [-0.4, -0.2) is 107 Å². The van der Waals surface area contributed by atoms with Crippen molar-refractivity contribution < 1.29 is 39.2 Å². The molecule has 3 unspecified atom stereocenters. The first-order valence-electron chi connectivity index (χ1n) is 18.4. The topological polar surface area (TPSA) is 213 Å². The first-order valence-corrected chi connectivity index (χ1v) is 19.7. The van der Waals surface area contributed by atoms with Gasteiger partial charge < -0.3 is 35.2 Å². The molecule has 17 heteroatoms. The number of amides is 1. The first-order chi connectivity index (χ1) is 27.7. The Kier molecular flexibility index (Phi) is 17.1. The normalized spacial score (nSPS) is 12.6. The number of nitrogens with zero attached hydrogens (tertiary/aromatic N) is 4. The van der Waals surface area contributed by atoms with E-state index in [0.29, 0.717) is 40.3 Å². The molecule has 0 bridgehead atoms. The van der Waals surface area contributed by atoms with Gasteiger partial charge in [0.15, 0.2) is 17.4 Å². The van der Waals surface area contributed by atoms with E-state index in [1.807, 2.05) is 48.2 Å². The molecule has 0 aliphatic carbocycles. The van der Waals surface area contributed by atoms with Crippen LogP contribution in [0.25, 0.3) is 11.1 Å². The van der Waals surface area contributed by atoms with Crippen LogP contribution in [-0.2, 0) is 33.1 Å². The lowest BCUT2D eigenvalue weighted by molar-refractivity contribution is -0.165. The van der Waals surface area contributed by atoms with Gasteiger partial charge in [-0.15, -0.1) is 0 Å². The highest BCUT2D eigenvalue weighted by Crippen LogP contribution is 2.27. The molecule has 0 fully saturated rings. The fourth-order valence-electron chi connectivity index (χ4n) is 5.84. The van der Waals surface area contributed by atoms with Crippen LogP contribution in [0.5, 0.6) is 0 Å². The molecule has 0 spiro atoms. The lowest BCUT2D eigenvalue weighted by Gasteiger charge is -2.27. The van der Waals surface area contributed by atoms with Gasteiger partial charge in [0.2, 0.25) is 5.91 Å². The molecule has 5 rings (SSSR count). The van der Waals surface area contributed by atoms with Gasteiger partial charge in [0.1, 0.15) is 5.82 Å². The summed E-state index contributed by atoms with van der Waals surface area (Å²) in [5, 5.41) is 40.5. The van der Waals surface area contributed by atoms with E-state index in [2.05, 4.69) is 46.1 Å². The van der Waals surface area contributed by atoms with Crippen molar-refractivity contribution in [2.45, 2.75) is 62.8 Å². The number of rotatable bonds is 18. The highest BCUT2D eigenvalue weighted by molar-refractivity contribution is 7.98. The molecule has 308 valence electrons. The Labute approximate surface area is 343 Å². The summed E-state index contributed by atoms with van der Waals surface area (Å²) in [6, 6.07) is 22.1. The quantitative estimate of drug-likeness (QED) is 0.0498. The second-order valence-electron chi connectivity index (χ2n) is 13.2. The minimum absolute atomic E-state index is 0.0351. The van der Waals surface area contributed by atoms with Crippen LogP contribution in [0, 0.1) is 5.82 Å². The molecule has 0 aliphatic heterocycles. The van der Waals surface area contributed by atoms with Gasteiger partial charge in [0, 0.05) is 48.1 Å². The predicted octanol–water partition coefficient (Wildman–Crippen LogP) is 5.19. The number of thioether (sulfide) groups is 1. The molecule has 2 aromatic heterocycles.